The highest BCUT2D eigenvalue weighted by Crippen LogP contribution is 2.06. The molecule has 0 spiro atoms. The van der Waals surface area contributed by atoms with Gasteiger partial charge in [0.25, 0.3) is 0 Å². The molecule has 0 aliphatic carbocycles. The van der Waals surface area contributed by atoms with E-state index in [0.29, 0.717) is 12.6 Å². The van der Waals surface area contributed by atoms with Crippen molar-refractivity contribution in [3.8, 4) is 0 Å². The van der Waals surface area contributed by atoms with Gasteiger partial charge < -0.3 is 15.5 Å². The standard InChI is InChI=1S/C13H19N3O.ClH/c1-16(12-7-8-14-10-12)13(17)15-9-11-5-3-2-4-6-11;/h2-6,12,14H,7-10H2,1H3,(H,15,17);1H/t12-;/m1./s1. The molecule has 2 amide bonds. The zero-order chi connectivity index (χ0) is 12.1. The number of likely N-dealkylation sites (N-methyl/N-ethyl adjacent to an activating group) is 1. The maximum Gasteiger partial charge on any atom is 0.317 e. The molecule has 1 aromatic rings. The first-order chi connectivity index (χ1) is 8.27. The number of carbonyl (C=O) groups excluding carboxylic acids is 1. The second kappa shape index (κ2) is 7.24. The Balaban J connectivity index is 0.00000162. The van der Waals surface area contributed by atoms with Gasteiger partial charge in [0.2, 0.25) is 0 Å². The zero-order valence-corrected chi connectivity index (χ0v) is 11.4. The molecular formula is C13H20ClN3O. The number of urea groups is 1. The van der Waals surface area contributed by atoms with Crippen molar-refractivity contribution in [1.82, 2.24) is 15.5 Å². The van der Waals surface area contributed by atoms with Gasteiger partial charge in [-0.05, 0) is 18.5 Å². The molecule has 2 N–H and O–H groups in total. The van der Waals surface area contributed by atoms with E-state index in [1.54, 1.807) is 4.90 Å². The Labute approximate surface area is 114 Å². The van der Waals surface area contributed by atoms with E-state index in [-0.39, 0.29) is 18.4 Å². The fraction of sp³-hybridized carbons (Fsp3) is 0.462. The van der Waals surface area contributed by atoms with Gasteiger partial charge in [-0.2, -0.15) is 0 Å². The van der Waals surface area contributed by atoms with Crippen LogP contribution in [0.15, 0.2) is 30.3 Å². The second-order valence-electron chi connectivity index (χ2n) is 4.40. The summed E-state index contributed by atoms with van der Waals surface area (Å²) in [5.74, 6) is 0. The van der Waals surface area contributed by atoms with Gasteiger partial charge in [-0.1, -0.05) is 30.3 Å². The minimum Gasteiger partial charge on any atom is -0.334 e. The summed E-state index contributed by atoms with van der Waals surface area (Å²) in [6.07, 6.45) is 1.04. The normalized spacial score (nSPS) is 17.9. The summed E-state index contributed by atoms with van der Waals surface area (Å²) in [5.41, 5.74) is 1.12. The molecule has 100 valence electrons. The Bertz CT molecular complexity index is 366. The van der Waals surface area contributed by atoms with Gasteiger partial charge in [-0.3, -0.25) is 0 Å². The third kappa shape index (κ3) is 3.89. The second-order valence-corrected chi connectivity index (χ2v) is 4.40. The smallest absolute Gasteiger partial charge is 0.317 e. The number of hydrogen-bond donors (Lipinski definition) is 2. The number of nitrogens with one attached hydrogen (secondary N) is 2. The highest BCUT2D eigenvalue weighted by molar-refractivity contribution is 5.85. The summed E-state index contributed by atoms with van der Waals surface area (Å²) >= 11 is 0. The Morgan fingerprint density at radius 3 is 2.78 bits per heavy atom. The predicted molar refractivity (Wildman–Crippen MR) is 75.0 cm³/mol. The lowest BCUT2D eigenvalue weighted by Gasteiger charge is -2.24. The number of rotatable bonds is 3. The summed E-state index contributed by atoms with van der Waals surface area (Å²) in [6, 6.07) is 10.3. The number of carbonyl (C=O) groups is 1. The van der Waals surface area contributed by atoms with Crippen molar-refractivity contribution in [2.75, 3.05) is 20.1 Å². The topological polar surface area (TPSA) is 44.4 Å². The molecular weight excluding hydrogens is 250 g/mol. The first kappa shape index (κ1) is 14.8. The van der Waals surface area contributed by atoms with Crippen molar-refractivity contribution in [1.29, 1.82) is 0 Å². The molecule has 1 aliphatic heterocycles. The van der Waals surface area contributed by atoms with Crippen LogP contribution in [0.3, 0.4) is 0 Å². The van der Waals surface area contributed by atoms with Gasteiger partial charge in [0.05, 0.1) is 0 Å². The van der Waals surface area contributed by atoms with E-state index < -0.39 is 0 Å². The molecule has 1 saturated heterocycles. The molecule has 0 bridgehead atoms. The van der Waals surface area contributed by atoms with E-state index in [2.05, 4.69) is 10.6 Å². The van der Waals surface area contributed by atoms with E-state index >= 15 is 0 Å². The maximum absolute atomic E-state index is 11.9. The number of halogens is 1. The van der Waals surface area contributed by atoms with Crippen LogP contribution in [0.5, 0.6) is 0 Å². The summed E-state index contributed by atoms with van der Waals surface area (Å²) in [4.78, 5) is 13.7. The molecule has 0 unspecified atom stereocenters. The fourth-order valence-corrected chi connectivity index (χ4v) is 2.03. The quantitative estimate of drug-likeness (QED) is 0.876. The van der Waals surface area contributed by atoms with Crippen LogP contribution in [0.2, 0.25) is 0 Å². The highest BCUT2D eigenvalue weighted by Gasteiger charge is 2.22. The lowest BCUT2D eigenvalue weighted by molar-refractivity contribution is 0.193. The Morgan fingerprint density at radius 2 is 2.17 bits per heavy atom. The lowest BCUT2D eigenvalue weighted by Crippen LogP contribution is -2.44. The van der Waals surface area contributed by atoms with Crippen LogP contribution in [0.4, 0.5) is 4.79 Å². The van der Waals surface area contributed by atoms with Gasteiger partial charge in [0.15, 0.2) is 0 Å². The number of amides is 2. The summed E-state index contributed by atoms with van der Waals surface area (Å²) < 4.78 is 0. The van der Waals surface area contributed by atoms with Crippen LogP contribution < -0.4 is 10.6 Å². The molecule has 1 heterocycles. The summed E-state index contributed by atoms with van der Waals surface area (Å²) in [6.45, 7) is 2.49. The third-order valence-electron chi connectivity index (χ3n) is 3.19. The minimum atomic E-state index is 0. The summed E-state index contributed by atoms with van der Waals surface area (Å²) in [7, 11) is 1.86. The van der Waals surface area contributed by atoms with Crippen molar-refractivity contribution in [2.24, 2.45) is 0 Å². The van der Waals surface area contributed by atoms with Gasteiger partial charge in [0, 0.05) is 26.2 Å². The van der Waals surface area contributed by atoms with Crippen molar-refractivity contribution in [3.63, 3.8) is 0 Å². The third-order valence-corrected chi connectivity index (χ3v) is 3.19. The fourth-order valence-electron chi connectivity index (χ4n) is 2.03. The van der Waals surface area contributed by atoms with Gasteiger partial charge in [-0.25, -0.2) is 4.79 Å². The van der Waals surface area contributed by atoms with E-state index in [1.165, 1.54) is 0 Å². The van der Waals surface area contributed by atoms with Crippen LogP contribution in [0.1, 0.15) is 12.0 Å². The van der Waals surface area contributed by atoms with Crippen LogP contribution in [0.25, 0.3) is 0 Å². The largest absolute Gasteiger partial charge is 0.334 e. The first-order valence-electron chi connectivity index (χ1n) is 6.02. The molecule has 1 aliphatic rings. The molecule has 0 saturated carbocycles. The van der Waals surface area contributed by atoms with E-state index in [0.717, 1.165) is 25.1 Å². The zero-order valence-electron chi connectivity index (χ0n) is 10.6. The Hall–Kier alpha value is -1.26. The van der Waals surface area contributed by atoms with Crippen LogP contribution in [-0.4, -0.2) is 37.1 Å². The van der Waals surface area contributed by atoms with Crippen LogP contribution in [-0.2, 0) is 6.54 Å². The monoisotopic (exact) mass is 269 g/mol. The van der Waals surface area contributed by atoms with E-state index in [9.17, 15) is 4.79 Å². The maximum atomic E-state index is 11.9. The average Bonchev–Trinajstić information content (AvgIpc) is 2.90. The van der Waals surface area contributed by atoms with Crippen molar-refractivity contribution >= 4 is 18.4 Å². The van der Waals surface area contributed by atoms with E-state index in [4.69, 9.17) is 0 Å². The highest BCUT2D eigenvalue weighted by atomic mass is 35.5. The van der Waals surface area contributed by atoms with Gasteiger partial charge in [-0.15, -0.1) is 12.4 Å². The molecule has 18 heavy (non-hydrogen) atoms. The number of hydrogen-bond acceptors (Lipinski definition) is 2. The Morgan fingerprint density at radius 1 is 1.44 bits per heavy atom. The molecule has 0 radical (unpaired) electrons. The van der Waals surface area contributed by atoms with Crippen molar-refractivity contribution in [3.05, 3.63) is 35.9 Å². The first-order valence-corrected chi connectivity index (χ1v) is 6.02. The molecule has 4 nitrogen and oxygen atoms in total. The molecule has 2 rings (SSSR count). The average molecular weight is 270 g/mol. The van der Waals surface area contributed by atoms with Gasteiger partial charge >= 0.3 is 6.03 Å². The molecule has 5 heteroatoms. The molecule has 1 aromatic carbocycles. The van der Waals surface area contributed by atoms with Crippen molar-refractivity contribution in [2.45, 2.75) is 19.0 Å². The lowest BCUT2D eigenvalue weighted by atomic mass is 10.2. The van der Waals surface area contributed by atoms with Crippen LogP contribution in [0, 0.1) is 0 Å². The summed E-state index contributed by atoms with van der Waals surface area (Å²) in [5, 5.41) is 6.20. The SMILES string of the molecule is CN(C(=O)NCc1ccccc1)[C@@H]1CCNC1.Cl. The minimum absolute atomic E-state index is 0. The Kier molecular flexibility index (Phi) is 5.95. The molecule has 1 atom stereocenters. The van der Waals surface area contributed by atoms with Crippen molar-refractivity contribution < 1.29 is 4.79 Å². The van der Waals surface area contributed by atoms with Crippen LogP contribution >= 0.6 is 12.4 Å². The number of benzene rings is 1. The molecule has 0 aromatic heterocycles. The number of nitrogens with zero attached hydrogens (tertiary/aromatic N) is 1. The molecule has 1 fully saturated rings. The predicted octanol–water partition coefficient (Wildman–Crippen LogP) is 1.61. The van der Waals surface area contributed by atoms with Gasteiger partial charge in [0.1, 0.15) is 0 Å². The van der Waals surface area contributed by atoms with E-state index in [1.807, 2.05) is 37.4 Å².